The van der Waals surface area contributed by atoms with Crippen LogP contribution in [0.4, 0.5) is 0 Å². The fraction of sp³-hybridized carbons (Fsp3) is 0.143. The Hall–Kier alpha value is -0.540. The second-order valence-corrected chi connectivity index (χ2v) is 5.74. The van der Waals surface area contributed by atoms with E-state index in [0.29, 0.717) is 10.0 Å². The van der Waals surface area contributed by atoms with Crippen LogP contribution in [-0.2, 0) is 0 Å². The zero-order chi connectivity index (χ0) is 13.3. The molecule has 1 unspecified atom stereocenters. The Kier molecular flexibility index (Phi) is 4.33. The van der Waals surface area contributed by atoms with Gasteiger partial charge in [-0.1, -0.05) is 57.3 Å². The van der Waals surface area contributed by atoms with Crippen molar-refractivity contribution < 1.29 is 0 Å². The highest BCUT2D eigenvalue weighted by molar-refractivity contribution is 9.10. The molecule has 4 heteroatoms. The van der Waals surface area contributed by atoms with E-state index in [1.807, 2.05) is 43.3 Å². The normalized spacial score (nSPS) is 12.5. The van der Waals surface area contributed by atoms with Crippen molar-refractivity contribution in [3.05, 3.63) is 67.6 Å². The van der Waals surface area contributed by atoms with E-state index < -0.39 is 0 Å². The standard InChI is InChI=1S/C14H12BrCl2N/c1-8-9(4-2-6-11(8)16)14(18)13-10(15)5-3-7-12(13)17/h2-7,14H,18H2,1H3. The van der Waals surface area contributed by atoms with Gasteiger partial charge in [0.05, 0.1) is 6.04 Å². The minimum atomic E-state index is -0.299. The molecule has 0 bridgehead atoms. The van der Waals surface area contributed by atoms with Gasteiger partial charge in [0.1, 0.15) is 0 Å². The molecule has 2 aromatic rings. The van der Waals surface area contributed by atoms with Gasteiger partial charge in [0, 0.05) is 20.1 Å². The van der Waals surface area contributed by atoms with E-state index in [4.69, 9.17) is 28.9 Å². The SMILES string of the molecule is Cc1c(Cl)cccc1C(N)c1c(Cl)cccc1Br. The van der Waals surface area contributed by atoms with E-state index in [0.717, 1.165) is 21.2 Å². The van der Waals surface area contributed by atoms with Gasteiger partial charge in [0.15, 0.2) is 0 Å². The van der Waals surface area contributed by atoms with E-state index in [9.17, 15) is 0 Å². The van der Waals surface area contributed by atoms with Crippen molar-refractivity contribution in [3.8, 4) is 0 Å². The predicted octanol–water partition coefficient (Wildman–Crippen LogP) is 5.11. The molecule has 18 heavy (non-hydrogen) atoms. The average Bonchev–Trinajstić information content (AvgIpc) is 2.32. The fourth-order valence-electron chi connectivity index (χ4n) is 1.92. The molecular weight excluding hydrogens is 333 g/mol. The van der Waals surface area contributed by atoms with Crippen LogP contribution in [-0.4, -0.2) is 0 Å². The second-order valence-electron chi connectivity index (χ2n) is 4.07. The Bertz CT molecular complexity index is 564. The molecular formula is C14H12BrCl2N. The number of hydrogen-bond acceptors (Lipinski definition) is 1. The quantitative estimate of drug-likeness (QED) is 0.804. The maximum absolute atomic E-state index is 6.31. The summed E-state index contributed by atoms with van der Waals surface area (Å²) in [6, 6.07) is 11.1. The lowest BCUT2D eigenvalue weighted by Gasteiger charge is -2.18. The van der Waals surface area contributed by atoms with Gasteiger partial charge in [-0.15, -0.1) is 0 Å². The van der Waals surface area contributed by atoms with Crippen molar-refractivity contribution in [1.82, 2.24) is 0 Å². The molecule has 1 atom stereocenters. The predicted molar refractivity (Wildman–Crippen MR) is 81.4 cm³/mol. The highest BCUT2D eigenvalue weighted by Gasteiger charge is 2.18. The summed E-state index contributed by atoms with van der Waals surface area (Å²) in [5.41, 5.74) is 9.16. The molecule has 0 spiro atoms. The van der Waals surface area contributed by atoms with Crippen LogP contribution in [0.2, 0.25) is 10.0 Å². The van der Waals surface area contributed by atoms with Crippen LogP contribution in [0.15, 0.2) is 40.9 Å². The van der Waals surface area contributed by atoms with Gasteiger partial charge in [0.25, 0.3) is 0 Å². The molecule has 0 saturated carbocycles. The molecule has 0 radical (unpaired) electrons. The van der Waals surface area contributed by atoms with Gasteiger partial charge in [-0.3, -0.25) is 0 Å². The first kappa shape index (κ1) is 13.9. The lowest BCUT2D eigenvalue weighted by atomic mass is 9.96. The molecule has 0 aliphatic heterocycles. The third-order valence-electron chi connectivity index (χ3n) is 2.96. The average molecular weight is 345 g/mol. The van der Waals surface area contributed by atoms with Gasteiger partial charge < -0.3 is 5.73 Å². The van der Waals surface area contributed by atoms with Crippen LogP contribution in [0.3, 0.4) is 0 Å². The Morgan fingerprint density at radius 2 is 1.67 bits per heavy atom. The first-order valence-electron chi connectivity index (χ1n) is 5.47. The largest absolute Gasteiger partial charge is 0.320 e. The maximum atomic E-state index is 6.31. The molecule has 2 aromatic carbocycles. The van der Waals surface area contributed by atoms with Crippen molar-refractivity contribution in [2.24, 2.45) is 5.73 Å². The Morgan fingerprint density at radius 1 is 1.06 bits per heavy atom. The Balaban J connectivity index is 2.55. The van der Waals surface area contributed by atoms with Crippen LogP contribution < -0.4 is 5.73 Å². The smallest absolute Gasteiger partial charge is 0.0580 e. The van der Waals surface area contributed by atoms with Crippen molar-refractivity contribution >= 4 is 39.1 Å². The monoisotopic (exact) mass is 343 g/mol. The molecule has 2 rings (SSSR count). The van der Waals surface area contributed by atoms with Crippen molar-refractivity contribution in [1.29, 1.82) is 0 Å². The maximum Gasteiger partial charge on any atom is 0.0580 e. The summed E-state index contributed by atoms with van der Waals surface area (Å²) in [4.78, 5) is 0. The van der Waals surface area contributed by atoms with Gasteiger partial charge in [-0.2, -0.15) is 0 Å². The summed E-state index contributed by atoms with van der Waals surface area (Å²) in [5, 5.41) is 1.36. The lowest BCUT2D eigenvalue weighted by Crippen LogP contribution is -2.14. The molecule has 1 nitrogen and oxygen atoms in total. The van der Waals surface area contributed by atoms with Crippen molar-refractivity contribution in [3.63, 3.8) is 0 Å². The van der Waals surface area contributed by atoms with E-state index in [1.54, 1.807) is 0 Å². The highest BCUT2D eigenvalue weighted by Crippen LogP contribution is 2.35. The fourth-order valence-corrected chi connectivity index (χ4v) is 3.13. The molecule has 2 N–H and O–H groups in total. The molecule has 0 aliphatic rings. The van der Waals surface area contributed by atoms with E-state index in [1.165, 1.54) is 0 Å². The van der Waals surface area contributed by atoms with Gasteiger partial charge in [-0.05, 0) is 36.2 Å². The Morgan fingerprint density at radius 3 is 2.33 bits per heavy atom. The summed E-state index contributed by atoms with van der Waals surface area (Å²) >= 11 is 15.8. The summed E-state index contributed by atoms with van der Waals surface area (Å²) in [5.74, 6) is 0. The number of nitrogens with two attached hydrogens (primary N) is 1. The summed E-state index contributed by atoms with van der Waals surface area (Å²) < 4.78 is 0.905. The van der Waals surface area contributed by atoms with Crippen molar-refractivity contribution in [2.45, 2.75) is 13.0 Å². The zero-order valence-corrected chi connectivity index (χ0v) is 12.9. The minimum absolute atomic E-state index is 0.299. The first-order chi connectivity index (χ1) is 8.52. The van der Waals surface area contributed by atoms with Crippen LogP contribution in [0.1, 0.15) is 22.7 Å². The van der Waals surface area contributed by atoms with Crippen LogP contribution in [0.25, 0.3) is 0 Å². The second kappa shape index (κ2) is 5.62. The lowest BCUT2D eigenvalue weighted by molar-refractivity contribution is 0.857. The number of benzene rings is 2. The first-order valence-corrected chi connectivity index (χ1v) is 7.01. The van der Waals surface area contributed by atoms with Crippen LogP contribution in [0, 0.1) is 6.92 Å². The van der Waals surface area contributed by atoms with E-state index in [2.05, 4.69) is 15.9 Å². The molecule has 0 saturated heterocycles. The summed E-state index contributed by atoms with van der Waals surface area (Å²) in [6.07, 6.45) is 0. The highest BCUT2D eigenvalue weighted by atomic mass is 79.9. The molecule has 0 heterocycles. The third-order valence-corrected chi connectivity index (χ3v) is 4.39. The topological polar surface area (TPSA) is 26.0 Å². The summed E-state index contributed by atoms with van der Waals surface area (Å²) in [6.45, 7) is 1.96. The minimum Gasteiger partial charge on any atom is -0.320 e. The number of hydrogen-bond donors (Lipinski definition) is 1. The molecule has 94 valence electrons. The van der Waals surface area contributed by atoms with Crippen LogP contribution in [0.5, 0.6) is 0 Å². The van der Waals surface area contributed by atoms with Gasteiger partial charge in [-0.25, -0.2) is 0 Å². The van der Waals surface area contributed by atoms with Gasteiger partial charge >= 0.3 is 0 Å². The van der Waals surface area contributed by atoms with Gasteiger partial charge in [0.2, 0.25) is 0 Å². The molecule has 0 aliphatic carbocycles. The molecule has 0 amide bonds. The Labute approximate surface area is 125 Å². The van der Waals surface area contributed by atoms with Crippen LogP contribution >= 0.6 is 39.1 Å². The molecule has 0 fully saturated rings. The zero-order valence-electron chi connectivity index (χ0n) is 9.75. The number of halogens is 3. The van der Waals surface area contributed by atoms with E-state index >= 15 is 0 Å². The number of rotatable bonds is 2. The summed E-state index contributed by atoms with van der Waals surface area (Å²) in [7, 11) is 0. The third kappa shape index (κ3) is 2.57. The van der Waals surface area contributed by atoms with Crippen molar-refractivity contribution in [2.75, 3.05) is 0 Å². The van der Waals surface area contributed by atoms with E-state index in [-0.39, 0.29) is 6.04 Å². The molecule has 0 aromatic heterocycles.